The Bertz CT molecular complexity index is 83.0. The number of hydrogen-bond donors (Lipinski definition) is 1. The summed E-state index contributed by atoms with van der Waals surface area (Å²) in [6.45, 7) is 5.70. The average Bonchev–Trinajstić information content (AvgIpc) is 1.83. The lowest BCUT2D eigenvalue weighted by Crippen LogP contribution is -2.19. The first-order valence-electron chi connectivity index (χ1n) is 2.91. The van der Waals surface area contributed by atoms with E-state index >= 15 is 0 Å². The van der Waals surface area contributed by atoms with E-state index in [1.165, 1.54) is 0 Å². The summed E-state index contributed by atoms with van der Waals surface area (Å²) in [7, 11) is 0. The lowest BCUT2D eigenvalue weighted by molar-refractivity contribution is 0.620. The lowest BCUT2D eigenvalue weighted by atomic mass is 10.2. The molecule has 1 atom stereocenters. The van der Waals surface area contributed by atoms with Gasteiger partial charge in [0, 0.05) is 6.54 Å². The molecular weight excluding hydrogens is 100 g/mol. The van der Waals surface area contributed by atoms with E-state index in [4.69, 9.17) is 5.26 Å². The van der Waals surface area contributed by atoms with Gasteiger partial charge in [-0.15, -0.1) is 0 Å². The standard InChI is InChI=1S/C6H12N2/c1-3-8-5-6(2)4-7/h6,8H,3,5H2,1-2H3. The Kier molecular flexibility index (Phi) is 4.29. The molecule has 0 fully saturated rings. The molecule has 8 heavy (non-hydrogen) atoms. The molecule has 0 bridgehead atoms. The molecule has 0 saturated heterocycles. The predicted octanol–water partition coefficient (Wildman–Crippen LogP) is 0.756. The van der Waals surface area contributed by atoms with Gasteiger partial charge in [0.05, 0.1) is 12.0 Å². The van der Waals surface area contributed by atoms with Gasteiger partial charge in [-0.1, -0.05) is 6.92 Å². The zero-order valence-electron chi connectivity index (χ0n) is 5.44. The molecule has 0 saturated carbocycles. The van der Waals surface area contributed by atoms with Gasteiger partial charge >= 0.3 is 0 Å². The topological polar surface area (TPSA) is 35.8 Å². The first-order valence-corrected chi connectivity index (χ1v) is 2.91. The van der Waals surface area contributed by atoms with E-state index in [2.05, 4.69) is 11.4 Å². The number of nitrogens with zero attached hydrogens (tertiary/aromatic N) is 1. The van der Waals surface area contributed by atoms with E-state index in [-0.39, 0.29) is 5.92 Å². The summed E-state index contributed by atoms with van der Waals surface area (Å²) in [4.78, 5) is 0. The van der Waals surface area contributed by atoms with Crippen LogP contribution in [0.3, 0.4) is 0 Å². The third-order valence-electron chi connectivity index (χ3n) is 0.921. The largest absolute Gasteiger partial charge is 0.316 e. The van der Waals surface area contributed by atoms with Crippen LogP contribution in [0.5, 0.6) is 0 Å². The highest BCUT2D eigenvalue weighted by Gasteiger charge is 1.93. The number of hydrogen-bond acceptors (Lipinski definition) is 2. The number of nitrogens with one attached hydrogen (secondary N) is 1. The minimum absolute atomic E-state index is 0.148. The Balaban J connectivity index is 3.02. The molecule has 46 valence electrons. The quantitative estimate of drug-likeness (QED) is 0.585. The van der Waals surface area contributed by atoms with Gasteiger partial charge in [0.15, 0.2) is 0 Å². The van der Waals surface area contributed by atoms with Crippen LogP contribution in [-0.2, 0) is 0 Å². The zero-order valence-corrected chi connectivity index (χ0v) is 5.44. The maximum Gasteiger partial charge on any atom is 0.0666 e. The Morgan fingerprint density at radius 3 is 2.75 bits per heavy atom. The van der Waals surface area contributed by atoms with Crippen molar-refractivity contribution in [3.8, 4) is 6.07 Å². The minimum atomic E-state index is 0.148. The summed E-state index contributed by atoms with van der Waals surface area (Å²) in [5.74, 6) is 0.148. The van der Waals surface area contributed by atoms with Gasteiger partial charge in [-0.25, -0.2) is 0 Å². The van der Waals surface area contributed by atoms with Crippen molar-refractivity contribution in [2.45, 2.75) is 13.8 Å². The SMILES string of the molecule is CCNCC(C)C#N. The van der Waals surface area contributed by atoms with Crippen LogP contribution in [0.4, 0.5) is 0 Å². The summed E-state index contributed by atoms with van der Waals surface area (Å²) in [5.41, 5.74) is 0. The van der Waals surface area contributed by atoms with Crippen molar-refractivity contribution >= 4 is 0 Å². The van der Waals surface area contributed by atoms with E-state index < -0.39 is 0 Å². The van der Waals surface area contributed by atoms with Crippen molar-refractivity contribution in [3.05, 3.63) is 0 Å². The molecule has 1 unspecified atom stereocenters. The van der Waals surface area contributed by atoms with Gasteiger partial charge in [0.25, 0.3) is 0 Å². The second kappa shape index (κ2) is 4.61. The molecule has 1 N–H and O–H groups in total. The molecule has 0 aromatic rings. The van der Waals surface area contributed by atoms with Crippen molar-refractivity contribution in [1.29, 1.82) is 5.26 Å². The van der Waals surface area contributed by atoms with Crippen molar-refractivity contribution in [1.82, 2.24) is 5.32 Å². The van der Waals surface area contributed by atoms with Crippen molar-refractivity contribution in [2.24, 2.45) is 5.92 Å². The van der Waals surface area contributed by atoms with Crippen LogP contribution in [0.2, 0.25) is 0 Å². The molecule has 0 aromatic heterocycles. The predicted molar refractivity (Wildman–Crippen MR) is 33.3 cm³/mol. The third-order valence-corrected chi connectivity index (χ3v) is 0.921. The molecule has 0 spiro atoms. The van der Waals surface area contributed by atoms with Crippen LogP contribution < -0.4 is 5.32 Å². The van der Waals surface area contributed by atoms with Crippen LogP contribution >= 0.6 is 0 Å². The van der Waals surface area contributed by atoms with Crippen LogP contribution in [0, 0.1) is 17.2 Å². The van der Waals surface area contributed by atoms with E-state index in [1.54, 1.807) is 0 Å². The number of rotatable bonds is 3. The maximum atomic E-state index is 8.27. The van der Waals surface area contributed by atoms with Crippen molar-refractivity contribution in [2.75, 3.05) is 13.1 Å². The van der Waals surface area contributed by atoms with Crippen LogP contribution in [0.15, 0.2) is 0 Å². The molecule has 0 aliphatic carbocycles. The second-order valence-corrected chi connectivity index (χ2v) is 1.84. The van der Waals surface area contributed by atoms with Crippen molar-refractivity contribution < 1.29 is 0 Å². The second-order valence-electron chi connectivity index (χ2n) is 1.84. The fraction of sp³-hybridized carbons (Fsp3) is 0.833. The molecule has 2 nitrogen and oxygen atoms in total. The Morgan fingerprint density at radius 1 is 1.75 bits per heavy atom. The molecule has 0 rings (SSSR count). The first kappa shape index (κ1) is 7.45. The molecule has 0 aromatic carbocycles. The normalized spacial score (nSPS) is 12.6. The van der Waals surface area contributed by atoms with E-state index in [1.807, 2.05) is 13.8 Å². The molecule has 0 aliphatic rings. The molecule has 0 radical (unpaired) electrons. The number of nitriles is 1. The Morgan fingerprint density at radius 2 is 2.38 bits per heavy atom. The summed E-state index contributed by atoms with van der Waals surface area (Å²) in [5, 5.41) is 11.3. The van der Waals surface area contributed by atoms with Crippen LogP contribution in [0.25, 0.3) is 0 Å². The van der Waals surface area contributed by atoms with Gasteiger partial charge in [0.2, 0.25) is 0 Å². The highest BCUT2D eigenvalue weighted by atomic mass is 14.8. The first-order chi connectivity index (χ1) is 3.81. The summed E-state index contributed by atoms with van der Waals surface area (Å²) in [6.07, 6.45) is 0. The van der Waals surface area contributed by atoms with Crippen LogP contribution in [-0.4, -0.2) is 13.1 Å². The maximum absolute atomic E-state index is 8.27. The van der Waals surface area contributed by atoms with Gasteiger partial charge in [-0.2, -0.15) is 5.26 Å². The van der Waals surface area contributed by atoms with Gasteiger partial charge in [0.1, 0.15) is 0 Å². The zero-order chi connectivity index (χ0) is 6.41. The fourth-order valence-electron chi connectivity index (χ4n) is 0.406. The van der Waals surface area contributed by atoms with Gasteiger partial charge in [-0.05, 0) is 13.5 Å². The van der Waals surface area contributed by atoms with E-state index in [9.17, 15) is 0 Å². The molecule has 0 aliphatic heterocycles. The van der Waals surface area contributed by atoms with E-state index in [0.29, 0.717) is 0 Å². The highest BCUT2D eigenvalue weighted by molar-refractivity contribution is 4.79. The Labute approximate surface area is 50.5 Å². The summed E-state index contributed by atoms with van der Waals surface area (Å²) >= 11 is 0. The average molecular weight is 112 g/mol. The minimum Gasteiger partial charge on any atom is -0.316 e. The van der Waals surface area contributed by atoms with Gasteiger partial charge < -0.3 is 5.32 Å². The highest BCUT2D eigenvalue weighted by Crippen LogP contribution is 1.85. The van der Waals surface area contributed by atoms with Gasteiger partial charge in [-0.3, -0.25) is 0 Å². The summed E-state index contributed by atoms with van der Waals surface area (Å²) < 4.78 is 0. The smallest absolute Gasteiger partial charge is 0.0666 e. The van der Waals surface area contributed by atoms with E-state index in [0.717, 1.165) is 13.1 Å². The lowest BCUT2D eigenvalue weighted by Gasteiger charge is -1.99. The Hall–Kier alpha value is -0.550. The van der Waals surface area contributed by atoms with Crippen molar-refractivity contribution in [3.63, 3.8) is 0 Å². The molecule has 2 heteroatoms. The fourth-order valence-corrected chi connectivity index (χ4v) is 0.406. The molecule has 0 heterocycles. The summed E-state index contributed by atoms with van der Waals surface area (Å²) in [6, 6.07) is 2.14. The monoisotopic (exact) mass is 112 g/mol. The molecular formula is C6H12N2. The third kappa shape index (κ3) is 3.63. The van der Waals surface area contributed by atoms with Crippen LogP contribution in [0.1, 0.15) is 13.8 Å². The molecule has 0 amide bonds.